The fourth-order valence-corrected chi connectivity index (χ4v) is 4.66. The van der Waals surface area contributed by atoms with Gasteiger partial charge in [-0.05, 0) is 36.4 Å². The van der Waals surface area contributed by atoms with Crippen LogP contribution in [0, 0.1) is 0 Å². The van der Waals surface area contributed by atoms with Gasteiger partial charge in [-0.25, -0.2) is 0 Å². The average Bonchev–Trinajstić information content (AvgIpc) is 3.35. The van der Waals surface area contributed by atoms with Gasteiger partial charge < -0.3 is 15.0 Å². The summed E-state index contributed by atoms with van der Waals surface area (Å²) >= 11 is 1.29. The average molecular weight is 487 g/mol. The summed E-state index contributed by atoms with van der Waals surface area (Å²) in [5.74, 6) is 0.792. The van der Waals surface area contributed by atoms with E-state index in [9.17, 15) is 9.59 Å². The Morgan fingerprint density at radius 1 is 1.06 bits per heavy atom. The van der Waals surface area contributed by atoms with Crippen molar-refractivity contribution in [1.29, 1.82) is 0 Å². The minimum Gasteiger partial charge on any atom is -0.477 e. The number of fused-ring (bicyclic) bond motifs is 1. The molecule has 0 saturated carbocycles. The number of nitrogens with one attached hydrogen (secondary N) is 1. The number of ether oxygens (including phenoxy) is 1. The van der Waals surface area contributed by atoms with Crippen LogP contribution in [-0.4, -0.2) is 57.0 Å². The number of nitrogens with zero attached hydrogens (tertiary/aromatic N) is 5. The van der Waals surface area contributed by atoms with E-state index in [2.05, 4.69) is 20.5 Å². The van der Waals surface area contributed by atoms with Crippen molar-refractivity contribution in [3.8, 4) is 22.8 Å². The summed E-state index contributed by atoms with van der Waals surface area (Å²) in [6.07, 6.45) is 2.65. The number of thioether (sulfide) groups is 1. The molecule has 5 rings (SSSR count). The number of benzene rings is 2. The Morgan fingerprint density at radius 2 is 1.86 bits per heavy atom. The molecular formula is C25H22N6O3S. The van der Waals surface area contributed by atoms with Gasteiger partial charge in [0.1, 0.15) is 5.75 Å². The number of pyridine rings is 1. The van der Waals surface area contributed by atoms with Gasteiger partial charge in [0, 0.05) is 30.7 Å². The van der Waals surface area contributed by atoms with E-state index in [0.29, 0.717) is 22.4 Å². The van der Waals surface area contributed by atoms with Crippen LogP contribution in [-0.2, 0) is 9.59 Å². The molecule has 176 valence electrons. The molecule has 0 fully saturated rings. The SMILES string of the molecule is CNC(=O)[C@@H]1CN(C(=O)CSc2nnc(-c3cccnc3)n2-c2ccccc2)c2ccccc2O1. The molecule has 9 nitrogen and oxygen atoms in total. The second-order valence-corrected chi connectivity index (χ2v) is 8.64. The lowest BCUT2D eigenvalue weighted by molar-refractivity contribution is -0.127. The molecule has 0 spiro atoms. The summed E-state index contributed by atoms with van der Waals surface area (Å²) in [6, 6.07) is 20.7. The van der Waals surface area contributed by atoms with Crippen LogP contribution in [0.25, 0.3) is 17.1 Å². The van der Waals surface area contributed by atoms with Gasteiger partial charge in [-0.3, -0.25) is 19.1 Å². The first-order valence-corrected chi connectivity index (χ1v) is 12.0. The summed E-state index contributed by atoms with van der Waals surface area (Å²) in [6.45, 7) is 0.127. The van der Waals surface area contributed by atoms with E-state index in [1.54, 1.807) is 30.4 Å². The third-order valence-corrected chi connectivity index (χ3v) is 6.42. The molecule has 35 heavy (non-hydrogen) atoms. The molecule has 2 aromatic heterocycles. The molecule has 0 aliphatic carbocycles. The molecule has 0 radical (unpaired) electrons. The van der Waals surface area contributed by atoms with E-state index in [1.165, 1.54) is 11.8 Å². The molecule has 0 saturated heterocycles. The highest BCUT2D eigenvalue weighted by atomic mass is 32.2. The van der Waals surface area contributed by atoms with Crippen molar-refractivity contribution >= 4 is 29.3 Å². The van der Waals surface area contributed by atoms with Crippen molar-refractivity contribution in [2.24, 2.45) is 0 Å². The summed E-state index contributed by atoms with van der Waals surface area (Å²) in [5.41, 5.74) is 2.33. The molecule has 1 atom stereocenters. The largest absolute Gasteiger partial charge is 0.477 e. The quantitative estimate of drug-likeness (QED) is 0.418. The maximum atomic E-state index is 13.4. The number of hydrogen-bond acceptors (Lipinski definition) is 7. The van der Waals surface area contributed by atoms with Gasteiger partial charge in [-0.2, -0.15) is 0 Å². The molecule has 0 unspecified atom stereocenters. The lowest BCUT2D eigenvalue weighted by atomic mass is 10.2. The molecule has 0 bridgehead atoms. The van der Waals surface area contributed by atoms with Crippen molar-refractivity contribution < 1.29 is 14.3 Å². The van der Waals surface area contributed by atoms with Gasteiger partial charge in [0.15, 0.2) is 17.1 Å². The standard InChI is InChI=1S/C25H22N6O3S/c1-26-24(33)21-15-30(19-11-5-6-12-20(19)34-21)22(32)16-35-25-29-28-23(17-8-7-13-27-14-17)31(25)18-9-3-2-4-10-18/h2-14,21H,15-16H2,1H3,(H,26,33)/t21-/m0/s1. The Hall–Kier alpha value is -4.18. The van der Waals surface area contributed by atoms with E-state index in [1.807, 2.05) is 65.2 Å². The second kappa shape index (κ2) is 9.98. The molecule has 1 aliphatic heterocycles. The summed E-state index contributed by atoms with van der Waals surface area (Å²) in [5, 5.41) is 11.9. The molecule has 1 N–H and O–H groups in total. The van der Waals surface area contributed by atoms with Crippen LogP contribution in [0.3, 0.4) is 0 Å². The van der Waals surface area contributed by atoms with Crippen LogP contribution in [0.15, 0.2) is 84.3 Å². The summed E-state index contributed by atoms with van der Waals surface area (Å²) < 4.78 is 7.72. The predicted molar refractivity (Wildman–Crippen MR) is 133 cm³/mol. The lowest BCUT2D eigenvalue weighted by Crippen LogP contribution is -2.50. The normalized spacial score (nSPS) is 14.7. The maximum Gasteiger partial charge on any atom is 0.262 e. The Labute approximate surface area is 206 Å². The topological polar surface area (TPSA) is 102 Å². The summed E-state index contributed by atoms with van der Waals surface area (Å²) in [7, 11) is 1.55. The van der Waals surface area contributed by atoms with Crippen LogP contribution < -0.4 is 15.0 Å². The third-order valence-electron chi connectivity index (χ3n) is 5.51. The second-order valence-electron chi connectivity index (χ2n) is 7.70. The maximum absolute atomic E-state index is 13.4. The van der Waals surface area contributed by atoms with Crippen LogP contribution >= 0.6 is 11.8 Å². The lowest BCUT2D eigenvalue weighted by Gasteiger charge is -2.34. The van der Waals surface area contributed by atoms with Crippen molar-refractivity contribution in [3.05, 3.63) is 79.1 Å². The molecule has 4 aromatic rings. The van der Waals surface area contributed by atoms with Gasteiger partial charge in [0.2, 0.25) is 5.91 Å². The van der Waals surface area contributed by atoms with E-state index in [-0.39, 0.29) is 24.1 Å². The fourth-order valence-electron chi connectivity index (χ4n) is 3.83. The van der Waals surface area contributed by atoms with Gasteiger partial charge in [0.25, 0.3) is 5.91 Å². The first-order valence-electron chi connectivity index (χ1n) is 11.0. The van der Waals surface area contributed by atoms with Crippen molar-refractivity contribution in [2.45, 2.75) is 11.3 Å². The number of carbonyl (C=O) groups is 2. The molecule has 1 aliphatic rings. The van der Waals surface area contributed by atoms with Crippen molar-refractivity contribution in [3.63, 3.8) is 0 Å². The first-order chi connectivity index (χ1) is 17.2. The number of anilines is 1. The molecular weight excluding hydrogens is 464 g/mol. The van der Waals surface area contributed by atoms with Gasteiger partial charge >= 0.3 is 0 Å². The highest BCUT2D eigenvalue weighted by Crippen LogP contribution is 2.34. The monoisotopic (exact) mass is 486 g/mol. The van der Waals surface area contributed by atoms with E-state index >= 15 is 0 Å². The number of rotatable bonds is 6. The Balaban J connectivity index is 1.42. The number of para-hydroxylation sites is 3. The van der Waals surface area contributed by atoms with Crippen LogP contribution in [0.5, 0.6) is 5.75 Å². The number of aromatic nitrogens is 4. The van der Waals surface area contributed by atoms with Gasteiger partial charge in [0.05, 0.1) is 18.0 Å². The molecule has 2 amide bonds. The Bertz CT molecular complexity index is 1350. The number of amides is 2. The van der Waals surface area contributed by atoms with E-state index in [4.69, 9.17) is 4.74 Å². The zero-order valence-electron chi connectivity index (χ0n) is 18.9. The molecule has 2 aromatic carbocycles. The van der Waals surface area contributed by atoms with Gasteiger partial charge in [-0.1, -0.05) is 42.1 Å². The van der Waals surface area contributed by atoms with Crippen molar-refractivity contribution in [1.82, 2.24) is 25.1 Å². The van der Waals surface area contributed by atoms with E-state index in [0.717, 1.165) is 11.3 Å². The van der Waals surface area contributed by atoms with Gasteiger partial charge in [-0.15, -0.1) is 10.2 Å². The molecule has 3 heterocycles. The third kappa shape index (κ3) is 4.60. The first kappa shape index (κ1) is 22.6. The van der Waals surface area contributed by atoms with Crippen molar-refractivity contribution in [2.75, 3.05) is 24.2 Å². The van der Waals surface area contributed by atoms with Crippen LogP contribution in [0.2, 0.25) is 0 Å². The minimum absolute atomic E-state index is 0.104. The minimum atomic E-state index is -0.783. The predicted octanol–water partition coefficient (Wildman–Crippen LogP) is 2.96. The number of carbonyl (C=O) groups excluding carboxylic acids is 2. The summed E-state index contributed by atoms with van der Waals surface area (Å²) in [4.78, 5) is 31.4. The smallest absolute Gasteiger partial charge is 0.262 e. The van der Waals surface area contributed by atoms with Crippen LogP contribution in [0.1, 0.15) is 0 Å². The highest BCUT2D eigenvalue weighted by molar-refractivity contribution is 7.99. The molecule has 10 heteroatoms. The Kier molecular flexibility index (Phi) is 6.44. The zero-order chi connectivity index (χ0) is 24.2. The zero-order valence-corrected chi connectivity index (χ0v) is 19.7. The number of likely N-dealkylation sites (N-methyl/N-ethyl adjacent to an activating group) is 1. The van der Waals surface area contributed by atoms with Crippen LogP contribution in [0.4, 0.5) is 5.69 Å². The number of hydrogen-bond donors (Lipinski definition) is 1. The highest BCUT2D eigenvalue weighted by Gasteiger charge is 2.33. The Morgan fingerprint density at radius 3 is 2.63 bits per heavy atom. The fraction of sp³-hybridized carbons (Fsp3) is 0.160. The van der Waals surface area contributed by atoms with E-state index < -0.39 is 6.10 Å².